The smallest absolute Gasteiger partial charge is 0.128 e. The van der Waals surface area contributed by atoms with Crippen LogP contribution in [0.4, 0.5) is 0 Å². The summed E-state index contributed by atoms with van der Waals surface area (Å²) in [5, 5.41) is 7.66. The van der Waals surface area contributed by atoms with Gasteiger partial charge in [0.05, 0.1) is 13.7 Å². The molecule has 1 radical (unpaired) electrons. The Morgan fingerprint density at radius 2 is 1.44 bits per heavy atom. The number of hydrogen-bond acceptors (Lipinski definition) is 3. The number of furan rings is 1. The minimum atomic E-state index is -2.18. The van der Waals surface area contributed by atoms with Gasteiger partial charge in [-0.05, 0) is 62.5 Å². The minimum Gasteiger partial charge on any atom is -0.500 e. The fourth-order valence-corrected chi connectivity index (χ4v) is 8.51. The first-order valence-corrected chi connectivity index (χ1v) is 22.4. The number of aromatic nitrogens is 2. The van der Waals surface area contributed by atoms with Crippen LogP contribution in [0, 0.1) is 24.4 Å². The van der Waals surface area contributed by atoms with Crippen LogP contribution in [0.25, 0.3) is 66.0 Å². The predicted octanol–water partition coefficient (Wildman–Crippen LogP) is 13.3. The van der Waals surface area contributed by atoms with Gasteiger partial charge >= 0.3 is 0 Å². The van der Waals surface area contributed by atoms with Gasteiger partial charge < -0.3 is 14.4 Å². The molecule has 0 spiro atoms. The van der Waals surface area contributed by atoms with Gasteiger partial charge in [0.15, 0.2) is 0 Å². The van der Waals surface area contributed by atoms with E-state index in [9.17, 15) is 0 Å². The molecule has 57 heavy (non-hydrogen) atoms. The first kappa shape index (κ1) is 31.8. The first-order chi connectivity index (χ1) is 29.7. The maximum absolute atomic E-state index is 8.88. The van der Waals surface area contributed by atoms with Crippen molar-refractivity contribution in [3.8, 4) is 22.5 Å². The van der Waals surface area contributed by atoms with E-state index in [1.165, 1.54) is 16.8 Å². The van der Waals surface area contributed by atoms with E-state index in [0.717, 1.165) is 43.5 Å². The fourth-order valence-electron chi connectivity index (χ4n) is 7.12. The second kappa shape index (κ2) is 16.3. The van der Waals surface area contributed by atoms with E-state index in [1.54, 1.807) is 48.8 Å². The molecule has 5 heteroatoms. The zero-order chi connectivity index (χ0) is 45.1. The quantitative estimate of drug-likeness (QED) is 0.0947. The van der Waals surface area contributed by atoms with Gasteiger partial charge in [-0.1, -0.05) is 160 Å². The normalized spacial score (nSPS) is 14.3. The van der Waals surface area contributed by atoms with Crippen molar-refractivity contribution in [2.24, 2.45) is 5.41 Å². The van der Waals surface area contributed by atoms with Crippen molar-refractivity contribution in [2.75, 3.05) is 0 Å². The number of benzene rings is 6. The van der Waals surface area contributed by atoms with Crippen LogP contribution in [-0.2, 0) is 32.9 Å². The molecule has 0 aliphatic heterocycles. The predicted molar refractivity (Wildman–Crippen MR) is 239 cm³/mol. The van der Waals surface area contributed by atoms with Gasteiger partial charge in [-0.15, -0.1) is 53.6 Å². The summed E-state index contributed by atoms with van der Waals surface area (Å²) < 4.78 is 64.2. The molecule has 6 aromatic carbocycles. The molecule has 0 saturated carbocycles. The van der Waals surface area contributed by atoms with Crippen LogP contribution in [-0.4, -0.2) is 18.0 Å². The van der Waals surface area contributed by atoms with Gasteiger partial charge in [0.1, 0.15) is 5.58 Å². The summed E-state index contributed by atoms with van der Waals surface area (Å²) >= 11 is 0. The molecule has 0 N–H and O–H groups in total. The number of aryl methyl sites for hydroxylation is 1. The van der Waals surface area contributed by atoms with E-state index in [0.29, 0.717) is 33.6 Å². The van der Waals surface area contributed by atoms with Gasteiger partial charge in [0, 0.05) is 52.9 Å². The average molecular weight is 944 g/mol. The second-order valence-electron chi connectivity index (χ2n) is 16.2. The molecule has 0 bridgehead atoms. The summed E-state index contributed by atoms with van der Waals surface area (Å²) in [6, 6.07) is 46.4. The molecule has 3 aromatic heterocycles. The van der Waals surface area contributed by atoms with Crippen molar-refractivity contribution in [3.05, 3.63) is 174 Å². The van der Waals surface area contributed by atoms with Crippen molar-refractivity contribution in [2.45, 2.75) is 60.0 Å². The van der Waals surface area contributed by atoms with Crippen LogP contribution in [0.3, 0.4) is 0 Å². The monoisotopic (exact) mass is 944 g/mol. The molecule has 3 heterocycles. The molecule has 0 amide bonds. The Labute approximate surface area is 361 Å². The summed E-state index contributed by atoms with van der Waals surface area (Å²) in [7, 11) is -1.87. The Balaban J connectivity index is 0.000000191. The Hall–Kier alpha value is -5.19. The van der Waals surface area contributed by atoms with Gasteiger partial charge in [-0.25, -0.2) is 0 Å². The number of rotatable bonds is 6. The van der Waals surface area contributed by atoms with E-state index in [4.69, 9.17) is 14.0 Å². The third-order valence-corrected chi connectivity index (χ3v) is 11.7. The average Bonchev–Trinajstić information content (AvgIpc) is 3.65. The first-order valence-electron chi connectivity index (χ1n) is 22.4. The van der Waals surface area contributed by atoms with Crippen molar-refractivity contribution >= 4 is 56.7 Å². The van der Waals surface area contributed by atoms with Crippen LogP contribution < -0.4 is 5.19 Å². The van der Waals surface area contributed by atoms with Gasteiger partial charge in [-0.3, -0.25) is 0 Å². The summed E-state index contributed by atoms with van der Waals surface area (Å²) in [6.07, 6.45) is 0.269. The van der Waals surface area contributed by atoms with Crippen LogP contribution in [0.15, 0.2) is 144 Å². The summed E-state index contributed by atoms with van der Waals surface area (Å²) in [6.45, 7) is 10.1. The summed E-state index contributed by atoms with van der Waals surface area (Å²) in [4.78, 5) is 9.14. The summed E-state index contributed by atoms with van der Waals surface area (Å²) in [5.74, 6) is 0. The molecule has 3 nitrogen and oxygen atoms in total. The minimum absolute atomic E-state index is 0. The molecule has 287 valence electrons. The zero-order valence-corrected chi connectivity index (χ0v) is 36.3. The third kappa shape index (κ3) is 8.72. The zero-order valence-electron chi connectivity index (χ0n) is 39.9. The largest absolute Gasteiger partial charge is 0.500 e. The van der Waals surface area contributed by atoms with Crippen molar-refractivity contribution < 1.29 is 34.1 Å². The van der Waals surface area contributed by atoms with E-state index >= 15 is 0 Å². The molecule has 0 atom stereocenters. The van der Waals surface area contributed by atoms with E-state index in [1.807, 2.05) is 57.2 Å². The van der Waals surface area contributed by atoms with Gasteiger partial charge in [0.2, 0.25) is 0 Å². The maximum Gasteiger partial charge on any atom is 0.128 e. The van der Waals surface area contributed by atoms with Crippen molar-refractivity contribution in [1.82, 2.24) is 9.97 Å². The summed E-state index contributed by atoms with van der Waals surface area (Å²) in [5.41, 5.74) is 5.67. The Morgan fingerprint density at radius 1 is 0.702 bits per heavy atom. The van der Waals surface area contributed by atoms with E-state index < -0.39 is 33.1 Å². The molecule has 0 fully saturated rings. The fraction of sp³-hybridized carbons (Fsp3) is 0.192. The standard InChI is InChI=1S/C30H24NO.C22H24NSi.Ir/c1-30(2,3)18-19-15-16-31-27(17-19)26-10-6-9-23-25-14-13-22-21-8-5-4-7-20(21)11-12-24(22)28(25)32-29(23)26;1-17-10-12-19(13-11-17)21-15-20(14-18-8-6-5-7-9-18)22(16-23-21)24(2,3)4;/h4-9,11-17H,18H2,1-3H3;5-12,15-16H,14H2,1-4H3;/q2*-1;/i18D2;1D3,14D2;. The maximum atomic E-state index is 8.88. The molecule has 0 aliphatic carbocycles. The van der Waals surface area contributed by atoms with Crippen LogP contribution in [0.2, 0.25) is 19.6 Å². The number of nitrogens with zero attached hydrogens (tertiary/aromatic N) is 2. The molecule has 0 aliphatic rings. The molecule has 0 saturated heterocycles. The van der Waals surface area contributed by atoms with Crippen molar-refractivity contribution in [1.29, 1.82) is 0 Å². The van der Waals surface area contributed by atoms with Gasteiger partial charge in [0.25, 0.3) is 0 Å². The molecule has 9 rings (SSSR count). The topological polar surface area (TPSA) is 38.9 Å². The second-order valence-corrected chi connectivity index (χ2v) is 21.2. The van der Waals surface area contributed by atoms with Crippen LogP contribution in [0.5, 0.6) is 0 Å². The number of pyridine rings is 2. The molecular weight excluding hydrogens is 889 g/mol. The van der Waals surface area contributed by atoms with Crippen LogP contribution in [0.1, 0.15) is 52.6 Å². The SMILES string of the molecule is [2H]C([2H])([2H])c1c[c-]c(-c2cc(C([2H])([2H])c3ccccc3)c([Si](C)(C)C)cn2)cc1.[2H]C([2H])(c1ccnc(-c2[c-]ccc3c2oc2c3ccc3c4ccccc4ccc32)c1)C(C)(C)C.[Ir]. The van der Waals surface area contributed by atoms with E-state index in [-0.39, 0.29) is 25.7 Å². The van der Waals surface area contributed by atoms with Crippen molar-refractivity contribution in [3.63, 3.8) is 0 Å². The molecule has 0 unspecified atom stereocenters. The number of hydrogen-bond donors (Lipinski definition) is 0. The Morgan fingerprint density at radius 3 is 2.19 bits per heavy atom. The van der Waals surface area contributed by atoms with E-state index in [2.05, 4.69) is 90.3 Å². The Kier molecular flexibility index (Phi) is 9.13. The number of fused-ring (bicyclic) bond motifs is 7. The Bertz CT molecular complexity index is 3140. The molecular formula is C52H48IrN2OSi-2. The van der Waals surface area contributed by atoms with Crippen LogP contribution >= 0.6 is 0 Å². The van der Waals surface area contributed by atoms with Gasteiger partial charge in [-0.2, -0.15) is 0 Å². The third-order valence-electron chi connectivity index (χ3n) is 9.71. The molecule has 9 aromatic rings.